The van der Waals surface area contributed by atoms with Crippen molar-refractivity contribution < 1.29 is 9.66 Å². The highest BCUT2D eigenvalue weighted by Crippen LogP contribution is 2.22. The summed E-state index contributed by atoms with van der Waals surface area (Å²) >= 11 is 6.08. The number of hydrogen-bond donors (Lipinski definition) is 0. The van der Waals surface area contributed by atoms with E-state index in [1.807, 2.05) is 6.92 Å². The van der Waals surface area contributed by atoms with E-state index in [1.165, 1.54) is 12.1 Å². The van der Waals surface area contributed by atoms with Gasteiger partial charge in [-0.3, -0.25) is 14.8 Å². The van der Waals surface area contributed by atoms with Gasteiger partial charge in [0.05, 0.1) is 10.6 Å². The summed E-state index contributed by atoms with van der Waals surface area (Å²) in [7, 11) is 1.75. The van der Waals surface area contributed by atoms with Gasteiger partial charge in [0.15, 0.2) is 0 Å². The van der Waals surface area contributed by atoms with Crippen molar-refractivity contribution in [2.75, 3.05) is 0 Å². The Morgan fingerprint density at radius 2 is 2.05 bits per heavy atom. The highest BCUT2D eigenvalue weighted by molar-refractivity contribution is 6.30. The van der Waals surface area contributed by atoms with Crippen molar-refractivity contribution in [3.8, 4) is 5.75 Å². The number of aryl methyl sites for hydroxylation is 2. The van der Waals surface area contributed by atoms with E-state index in [0.29, 0.717) is 10.9 Å². The van der Waals surface area contributed by atoms with Gasteiger partial charge in [-0.15, -0.1) is 0 Å². The van der Waals surface area contributed by atoms with Crippen LogP contribution in [0.25, 0.3) is 0 Å². The van der Waals surface area contributed by atoms with Crippen LogP contribution in [0, 0.1) is 17.0 Å². The van der Waals surface area contributed by atoms with Crippen LogP contribution >= 0.6 is 11.6 Å². The second-order valence-corrected chi connectivity index (χ2v) is 4.38. The lowest BCUT2D eigenvalue weighted by Crippen LogP contribution is -1.97. The predicted octanol–water partition coefficient (Wildman–Crippen LogP) is 2.87. The molecule has 7 heteroatoms. The van der Waals surface area contributed by atoms with Crippen molar-refractivity contribution in [2.24, 2.45) is 7.05 Å². The van der Waals surface area contributed by atoms with E-state index in [-0.39, 0.29) is 12.3 Å². The molecule has 19 heavy (non-hydrogen) atoms. The first-order valence-electron chi connectivity index (χ1n) is 5.54. The lowest BCUT2D eigenvalue weighted by atomic mass is 10.3. The van der Waals surface area contributed by atoms with Gasteiger partial charge in [0.2, 0.25) is 0 Å². The molecule has 0 radical (unpaired) electrons. The molecule has 0 aliphatic carbocycles. The van der Waals surface area contributed by atoms with E-state index in [1.54, 1.807) is 23.9 Å². The summed E-state index contributed by atoms with van der Waals surface area (Å²) < 4.78 is 7.12. The van der Waals surface area contributed by atoms with E-state index in [4.69, 9.17) is 16.3 Å². The fraction of sp³-hybridized carbons (Fsp3) is 0.250. The largest absolute Gasteiger partial charge is 0.489 e. The first kappa shape index (κ1) is 13.4. The minimum Gasteiger partial charge on any atom is -0.489 e. The van der Waals surface area contributed by atoms with Crippen LogP contribution in [-0.2, 0) is 13.7 Å². The van der Waals surface area contributed by atoms with Crippen molar-refractivity contribution in [1.29, 1.82) is 0 Å². The molecule has 0 atom stereocenters. The molecule has 1 aromatic heterocycles. The molecule has 100 valence electrons. The first-order valence-corrected chi connectivity index (χ1v) is 5.92. The third-order valence-corrected chi connectivity index (χ3v) is 3.17. The van der Waals surface area contributed by atoms with Gasteiger partial charge in [0, 0.05) is 24.7 Å². The van der Waals surface area contributed by atoms with Crippen LogP contribution in [0.3, 0.4) is 0 Å². The van der Waals surface area contributed by atoms with Gasteiger partial charge in [0.25, 0.3) is 5.69 Å². The Morgan fingerprint density at radius 3 is 2.53 bits per heavy atom. The van der Waals surface area contributed by atoms with E-state index < -0.39 is 4.92 Å². The number of nitro benzene ring substituents is 1. The lowest BCUT2D eigenvalue weighted by Gasteiger charge is -2.05. The predicted molar refractivity (Wildman–Crippen MR) is 70.4 cm³/mol. The third kappa shape index (κ3) is 2.85. The standard InChI is InChI=1S/C12H12ClN3O3/c1-8-11(12(13)15(2)14-8)7-19-10-5-3-9(4-6-10)16(17)18/h3-6H,7H2,1-2H3. The van der Waals surface area contributed by atoms with Crippen molar-refractivity contribution >= 4 is 17.3 Å². The number of nitro groups is 1. The average molecular weight is 282 g/mol. The number of non-ortho nitro benzene ring substituents is 1. The zero-order valence-corrected chi connectivity index (χ0v) is 11.2. The highest BCUT2D eigenvalue weighted by Gasteiger charge is 2.12. The van der Waals surface area contributed by atoms with E-state index in [0.717, 1.165) is 11.3 Å². The normalized spacial score (nSPS) is 10.5. The Balaban J connectivity index is 2.08. The van der Waals surface area contributed by atoms with Gasteiger partial charge in [-0.1, -0.05) is 11.6 Å². The summed E-state index contributed by atoms with van der Waals surface area (Å²) in [5.74, 6) is 0.546. The maximum Gasteiger partial charge on any atom is 0.269 e. The van der Waals surface area contributed by atoms with Crippen LogP contribution in [0.15, 0.2) is 24.3 Å². The van der Waals surface area contributed by atoms with Crippen LogP contribution in [0.4, 0.5) is 5.69 Å². The summed E-state index contributed by atoms with van der Waals surface area (Å²) in [6, 6.07) is 5.90. The molecule has 0 unspecified atom stereocenters. The van der Waals surface area contributed by atoms with Crippen molar-refractivity contribution in [3.05, 3.63) is 50.8 Å². The Bertz CT molecular complexity index is 607. The summed E-state index contributed by atoms with van der Waals surface area (Å²) in [5, 5.41) is 15.2. The van der Waals surface area contributed by atoms with E-state index >= 15 is 0 Å². The van der Waals surface area contributed by atoms with Crippen LogP contribution in [0.2, 0.25) is 5.15 Å². The van der Waals surface area contributed by atoms with Crippen LogP contribution in [-0.4, -0.2) is 14.7 Å². The molecule has 0 amide bonds. The fourth-order valence-corrected chi connectivity index (χ4v) is 1.89. The number of rotatable bonds is 4. The third-order valence-electron chi connectivity index (χ3n) is 2.70. The molecule has 0 saturated heterocycles. The Kier molecular flexibility index (Phi) is 3.71. The Hall–Kier alpha value is -2.08. The average Bonchev–Trinajstić information content (AvgIpc) is 2.62. The van der Waals surface area contributed by atoms with Crippen LogP contribution in [0.5, 0.6) is 5.75 Å². The van der Waals surface area contributed by atoms with Crippen molar-refractivity contribution in [1.82, 2.24) is 9.78 Å². The van der Waals surface area contributed by atoms with Gasteiger partial charge in [-0.25, -0.2) is 0 Å². The number of benzene rings is 1. The molecule has 0 spiro atoms. The topological polar surface area (TPSA) is 70.2 Å². The first-order chi connectivity index (χ1) is 8.99. The van der Waals surface area contributed by atoms with Crippen LogP contribution < -0.4 is 4.74 Å². The molecule has 0 fully saturated rings. The summed E-state index contributed by atoms with van der Waals surface area (Å²) in [6.45, 7) is 2.12. The van der Waals surface area contributed by atoms with Gasteiger partial charge < -0.3 is 4.74 Å². The smallest absolute Gasteiger partial charge is 0.269 e. The van der Waals surface area contributed by atoms with Crippen molar-refractivity contribution in [2.45, 2.75) is 13.5 Å². The molecule has 0 aliphatic heterocycles. The number of halogens is 1. The molecule has 1 aromatic carbocycles. The number of nitrogens with zero attached hydrogens (tertiary/aromatic N) is 3. The van der Waals surface area contributed by atoms with Crippen LogP contribution in [0.1, 0.15) is 11.3 Å². The molecule has 1 heterocycles. The minimum atomic E-state index is -0.452. The molecule has 0 saturated carbocycles. The zero-order valence-electron chi connectivity index (χ0n) is 10.5. The van der Waals surface area contributed by atoms with E-state index in [9.17, 15) is 10.1 Å². The molecule has 0 bridgehead atoms. The highest BCUT2D eigenvalue weighted by atomic mass is 35.5. The van der Waals surface area contributed by atoms with E-state index in [2.05, 4.69) is 5.10 Å². The lowest BCUT2D eigenvalue weighted by molar-refractivity contribution is -0.384. The number of hydrogen-bond acceptors (Lipinski definition) is 4. The molecule has 0 N–H and O–H groups in total. The molecule has 6 nitrogen and oxygen atoms in total. The van der Waals surface area contributed by atoms with Gasteiger partial charge in [-0.05, 0) is 19.1 Å². The molecule has 2 rings (SSSR count). The molecular weight excluding hydrogens is 270 g/mol. The quantitative estimate of drug-likeness (QED) is 0.638. The maximum atomic E-state index is 10.5. The number of ether oxygens (including phenoxy) is 1. The van der Waals surface area contributed by atoms with Gasteiger partial charge in [-0.2, -0.15) is 5.10 Å². The maximum absolute atomic E-state index is 10.5. The summed E-state index contributed by atoms with van der Waals surface area (Å²) in [4.78, 5) is 10.1. The molecular formula is C12H12ClN3O3. The summed E-state index contributed by atoms with van der Waals surface area (Å²) in [5.41, 5.74) is 1.64. The SMILES string of the molecule is Cc1nn(C)c(Cl)c1COc1ccc([N+](=O)[O-])cc1. The second-order valence-electron chi connectivity index (χ2n) is 4.02. The fourth-order valence-electron chi connectivity index (χ4n) is 1.66. The van der Waals surface area contributed by atoms with Gasteiger partial charge in [0.1, 0.15) is 17.5 Å². The Labute approximate surface area is 114 Å². The number of aromatic nitrogens is 2. The zero-order chi connectivity index (χ0) is 14.0. The molecule has 2 aromatic rings. The Morgan fingerprint density at radius 1 is 1.42 bits per heavy atom. The van der Waals surface area contributed by atoms with Crippen molar-refractivity contribution in [3.63, 3.8) is 0 Å². The summed E-state index contributed by atoms with van der Waals surface area (Å²) in [6.07, 6.45) is 0. The second kappa shape index (κ2) is 5.27. The minimum absolute atomic E-state index is 0.0305. The monoisotopic (exact) mass is 281 g/mol. The van der Waals surface area contributed by atoms with Gasteiger partial charge >= 0.3 is 0 Å². The molecule has 0 aliphatic rings.